The molecular formula is C18H34O4. The Morgan fingerprint density at radius 1 is 1.05 bits per heavy atom. The second-order valence-corrected chi connectivity index (χ2v) is 7.71. The lowest BCUT2D eigenvalue weighted by Crippen LogP contribution is -2.50. The minimum Gasteiger partial charge on any atom is -0.480 e. The largest absolute Gasteiger partial charge is 0.480 e. The maximum Gasteiger partial charge on any atom is 0.324 e. The summed E-state index contributed by atoms with van der Waals surface area (Å²) >= 11 is 0. The summed E-state index contributed by atoms with van der Waals surface area (Å²) < 4.78 is 5.48. The Bertz CT molecular complexity index is 368. The van der Waals surface area contributed by atoms with Crippen LogP contribution in [0.1, 0.15) is 80.6 Å². The van der Waals surface area contributed by atoms with Gasteiger partial charge in [0.25, 0.3) is 0 Å². The number of carbonyl (C=O) groups excluding carboxylic acids is 1. The number of unbranched alkanes of at least 4 members (excludes halogenated alkanes) is 1. The summed E-state index contributed by atoms with van der Waals surface area (Å²) in [6.07, 6.45) is 4.03. The minimum atomic E-state index is -1.49. The number of carboxylic acids is 1. The van der Waals surface area contributed by atoms with E-state index in [0.717, 1.165) is 25.7 Å². The number of ether oxygens (including phenoxy) is 1. The molecule has 0 spiro atoms. The molecule has 0 aliphatic carbocycles. The van der Waals surface area contributed by atoms with E-state index >= 15 is 0 Å². The number of rotatable bonds is 9. The van der Waals surface area contributed by atoms with Gasteiger partial charge in [-0.3, -0.25) is 9.59 Å². The van der Waals surface area contributed by atoms with Crippen molar-refractivity contribution in [1.82, 2.24) is 0 Å². The van der Waals surface area contributed by atoms with Crippen LogP contribution in [0.4, 0.5) is 0 Å². The maximum absolute atomic E-state index is 12.5. The fourth-order valence-electron chi connectivity index (χ4n) is 2.87. The van der Waals surface area contributed by atoms with E-state index in [0.29, 0.717) is 5.92 Å². The van der Waals surface area contributed by atoms with Crippen molar-refractivity contribution in [2.24, 2.45) is 16.7 Å². The number of carboxylic acid groups (broad SMARTS) is 1. The fourth-order valence-corrected chi connectivity index (χ4v) is 2.87. The molecule has 4 nitrogen and oxygen atoms in total. The Hall–Kier alpha value is -1.06. The maximum atomic E-state index is 12.5. The van der Waals surface area contributed by atoms with Crippen molar-refractivity contribution in [3.05, 3.63) is 0 Å². The lowest BCUT2D eigenvalue weighted by Gasteiger charge is -2.38. The first-order chi connectivity index (χ1) is 9.99. The lowest BCUT2D eigenvalue weighted by molar-refractivity contribution is -0.181. The van der Waals surface area contributed by atoms with Crippen LogP contribution < -0.4 is 0 Å². The highest BCUT2D eigenvalue weighted by molar-refractivity contribution is 6.00. The Balaban J connectivity index is 4.75. The van der Waals surface area contributed by atoms with Crippen molar-refractivity contribution in [2.75, 3.05) is 0 Å². The summed E-state index contributed by atoms with van der Waals surface area (Å²) in [6.45, 7) is 13.3. The summed E-state index contributed by atoms with van der Waals surface area (Å²) in [5.74, 6) is -1.02. The minimum absolute atomic E-state index is 0.227. The first-order valence-electron chi connectivity index (χ1n) is 8.43. The standard InChI is InChI=1S/C18H34O4/c1-8-18(15(19)20,17(5,6)7)16(21)22-14(4)12-10-9-11-13(2)3/h13-14H,8-12H2,1-7H3,(H,19,20). The van der Waals surface area contributed by atoms with Gasteiger partial charge >= 0.3 is 11.9 Å². The van der Waals surface area contributed by atoms with E-state index in [9.17, 15) is 14.7 Å². The van der Waals surface area contributed by atoms with Gasteiger partial charge in [0.05, 0.1) is 6.10 Å². The highest BCUT2D eigenvalue weighted by atomic mass is 16.5. The number of hydrogen-bond acceptors (Lipinski definition) is 3. The Kier molecular flexibility index (Phi) is 8.13. The van der Waals surface area contributed by atoms with E-state index in [1.807, 2.05) is 6.92 Å². The molecule has 22 heavy (non-hydrogen) atoms. The van der Waals surface area contributed by atoms with Crippen LogP contribution in [0.15, 0.2) is 0 Å². The number of aliphatic carboxylic acids is 1. The third kappa shape index (κ3) is 5.29. The zero-order valence-corrected chi connectivity index (χ0v) is 15.4. The molecule has 0 aliphatic heterocycles. The van der Waals surface area contributed by atoms with Gasteiger partial charge in [-0.2, -0.15) is 0 Å². The van der Waals surface area contributed by atoms with Crippen molar-refractivity contribution in [2.45, 2.75) is 86.7 Å². The predicted molar refractivity (Wildman–Crippen MR) is 88.7 cm³/mol. The zero-order chi connectivity index (χ0) is 17.6. The van der Waals surface area contributed by atoms with E-state index in [4.69, 9.17) is 4.74 Å². The van der Waals surface area contributed by atoms with Gasteiger partial charge in [-0.05, 0) is 37.5 Å². The lowest BCUT2D eigenvalue weighted by atomic mass is 9.65. The third-order valence-electron chi connectivity index (χ3n) is 4.47. The summed E-state index contributed by atoms with van der Waals surface area (Å²) in [5.41, 5.74) is -2.18. The molecule has 2 atom stereocenters. The van der Waals surface area contributed by atoms with Gasteiger partial charge in [0, 0.05) is 0 Å². The summed E-state index contributed by atoms with van der Waals surface area (Å²) in [7, 11) is 0. The van der Waals surface area contributed by atoms with Gasteiger partial charge in [0.1, 0.15) is 0 Å². The average molecular weight is 314 g/mol. The van der Waals surface area contributed by atoms with Gasteiger partial charge in [-0.1, -0.05) is 54.4 Å². The molecule has 1 N–H and O–H groups in total. The fraction of sp³-hybridized carbons (Fsp3) is 0.889. The topological polar surface area (TPSA) is 63.6 Å². The van der Waals surface area contributed by atoms with Crippen LogP contribution in [0.2, 0.25) is 0 Å². The van der Waals surface area contributed by atoms with Crippen LogP contribution in [0, 0.1) is 16.7 Å². The molecular weight excluding hydrogens is 280 g/mol. The molecule has 0 saturated heterocycles. The second kappa shape index (κ2) is 8.54. The first kappa shape index (κ1) is 20.9. The molecule has 2 unspecified atom stereocenters. The molecule has 0 aromatic carbocycles. The molecule has 0 aromatic heterocycles. The molecule has 0 heterocycles. The highest BCUT2D eigenvalue weighted by Crippen LogP contribution is 2.43. The second-order valence-electron chi connectivity index (χ2n) is 7.71. The normalized spacial score (nSPS) is 16.2. The van der Waals surface area contributed by atoms with Crippen molar-refractivity contribution in [3.63, 3.8) is 0 Å². The van der Waals surface area contributed by atoms with Crippen molar-refractivity contribution in [3.8, 4) is 0 Å². The number of carbonyl (C=O) groups is 2. The van der Waals surface area contributed by atoms with Crippen molar-refractivity contribution >= 4 is 11.9 Å². The Labute approximate surface area is 135 Å². The molecule has 130 valence electrons. The zero-order valence-electron chi connectivity index (χ0n) is 15.4. The molecule has 0 saturated carbocycles. The summed E-state index contributed by atoms with van der Waals surface area (Å²) in [6, 6.07) is 0. The molecule has 0 fully saturated rings. The summed E-state index contributed by atoms with van der Waals surface area (Å²) in [4.78, 5) is 24.3. The van der Waals surface area contributed by atoms with Gasteiger partial charge in [-0.15, -0.1) is 0 Å². The van der Waals surface area contributed by atoms with Crippen LogP contribution in [0.3, 0.4) is 0 Å². The van der Waals surface area contributed by atoms with Crippen LogP contribution in [-0.2, 0) is 14.3 Å². The van der Waals surface area contributed by atoms with Crippen molar-refractivity contribution < 1.29 is 19.4 Å². The van der Waals surface area contributed by atoms with Gasteiger partial charge < -0.3 is 9.84 Å². The Morgan fingerprint density at radius 3 is 1.91 bits per heavy atom. The molecule has 0 bridgehead atoms. The predicted octanol–water partition coefficient (Wildman–Crippen LogP) is 4.66. The molecule has 0 aliphatic rings. The average Bonchev–Trinajstić information content (AvgIpc) is 2.33. The smallest absolute Gasteiger partial charge is 0.324 e. The van der Waals surface area contributed by atoms with E-state index in [1.165, 1.54) is 0 Å². The molecule has 0 radical (unpaired) electrons. The van der Waals surface area contributed by atoms with E-state index in [1.54, 1.807) is 27.7 Å². The summed E-state index contributed by atoms with van der Waals surface area (Å²) in [5, 5.41) is 9.62. The number of hydrogen-bond donors (Lipinski definition) is 1. The molecule has 0 amide bonds. The molecule has 0 rings (SSSR count). The van der Waals surface area contributed by atoms with Crippen LogP contribution >= 0.6 is 0 Å². The van der Waals surface area contributed by atoms with Gasteiger partial charge in [-0.25, -0.2) is 0 Å². The molecule has 4 heteroatoms. The van der Waals surface area contributed by atoms with E-state index < -0.39 is 22.8 Å². The van der Waals surface area contributed by atoms with Crippen LogP contribution in [-0.4, -0.2) is 23.1 Å². The van der Waals surface area contributed by atoms with Gasteiger partial charge in [0.2, 0.25) is 0 Å². The quantitative estimate of drug-likeness (QED) is 0.382. The van der Waals surface area contributed by atoms with E-state index in [-0.39, 0.29) is 12.5 Å². The van der Waals surface area contributed by atoms with E-state index in [2.05, 4.69) is 13.8 Å². The first-order valence-corrected chi connectivity index (χ1v) is 8.43. The third-order valence-corrected chi connectivity index (χ3v) is 4.47. The van der Waals surface area contributed by atoms with Crippen LogP contribution in [0.5, 0.6) is 0 Å². The number of esters is 1. The molecule has 0 aromatic rings. The van der Waals surface area contributed by atoms with Crippen molar-refractivity contribution in [1.29, 1.82) is 0 Å². The monoisotopic (exact) mass is 314 g/mol. The Morgan fingerprint density at radius 2 is 1.55 bits per heavy atom. The van der Waals surface area contributed by atoms with Crippen LogP contribution in [0.25, 0.3) is 0 Å². The SMILES string of the molecule is CCC(C(=O)O)(C(=O)OC(C)CCCCC(C)C)C(C)(C)C. The van der Waals surface area contributed by atoms with Gasteiger partial charge in [0.15, 0.2) is 5.41 Å². The highest BCUT2D eigenvalue weighted by Gasteiger charge is 2.55.